The van der Waals surface area contributed by atoms with Crippen molar-refractivity contribution >= 4 is 39.3 Å². The van der Waals surface area contributed by atoms with Gasteiger partial charge in [0.2, 0.25) is 0 Å². The van der Waals surface area contributed by atoms with Gasteiger partial charge in [-0.3, -0.25) is 14.7 Å². The van der Waals surface area contributed by atoms with Crippen LogP contribution in [0.3, 0.4) is 0 Å². The molecular weight excluding hydrogens is 440 g/mol. The Morgan fingerprint density at radius 3 is 2.52 bits per heavy atom. The third kappa shape index (κ3) is 3.60. The highest BCUT2D eigenvalue weighted by Crippen LogP contribution is 2.31. The molecule has 0 aliphatic heterocycles. The van der Waals surface area contributed by atoms with Crippen molar-refractivity contribution in [3.05, 3.63) is 87.4 Å². The number of hydrogen-bond acceptors (Lipinski definition) is 4. The van der Waals surface area contributed by atoms with Gasteiger partial charge < -0.3 is 9.72 Å². The monoisotopic (exact) mass is 460 g/mol. The van der Waals surface area contributed by atoms with Crippen molar-refractivity contribution in [1.29, 1.82) is 0 Å². The molecule has 0 spiro atoms. The van der Waals surface area contributed by atoms with E-state index in [0.717, 1.165) is 0 Å². The number of aromatic nitrogens is 4. The Hall–Kier alpha value is -3.84. The van der Waals surface area contributed by atoms with E-state index in [-0.39, 0.29) is 16.4 Å². The molecular formula is C25H21ClN4O3. The van der Waals surface area contributed by atoms with E-state index in [1.165, 1.54) is 6.20 Å². The third-order valence-electron chi connectivity index (χ3n) is 5.44. The van der Waals surface area contributed by atoms with Gasteiger partial charge in [-0.05, 0) is 45.0 Å². The molecule has 0 fully saturated rings. The van der Waals surface area contributed by atoms with Gasteiger partial charge in [0.15, 0.2) is 5.78 Å². The van der Waals surface area contributed by atoms with Gasteiger partial charge >= 0.3 is 0 Å². The van der Waals surface area contributed by atoms with E-state index in [4.69, 9.17) is 16.3 Å². The lowest BCUT2D eigenvalue weighted by atomic mass is 10.0. The van der Waals surface area contributed by atoms with Crippen LogP contribution in [0.4, 0.5) is 0 Å². The Morgan fingerprint density at radius 2 is 1.82 bits per heavy atom. The summed E-state index contributed by atoms with van der Waals surface area (Å²) in [5.41, 5.74) is 1.13. The van der Waals surface area contributed by atoms with Gasteiger partial charge in [-0.2, -0.15) is 0 Å². The van der Waals surface area contributed by atoms with Gasteiger partial charge in [-0.25, -0.2) is 9.67 Å². The van der Waals surface area contributed by atoms with E-state index in [9.17, 15) is 9.59 Å². The molecule has 0 bridgehead atoms. The van der Waals surface area contributed by atoms with Crippen LogP contribution >= 0.6 is 11.6 Å². The lowest BCUT2D eigenvalue weighted by Gasteiger charge is -2.18. The summed E-state index contributed by atoms with van der Waals surface area (Å²) in [6.07, 6.45) is 3.11. The van der Waals surface area contributed by atoms with E-state index >= 15 is 0 Å². The van der Waals surface area contributed by atoms with Crippen LogP contribution in [0.1, 0.15) is 36.7 Å². The summed E-state index contributed by atoms with van der Waals surface area (Å²) in [7, 11) is 0. The first-order valence-electron chi connectivity index (χ1n) is 10.4. The molecule has 8 heteroatoms. The minimum absolute atomic E-state index is 0.188. The lowest BCUT2D eigenvalue weighted by molar-refractivity contribution is 0.104. The molecule has 5 rings (SSSR count). The number of nitrogens with zero attached hydrogens (tertiary/aromatic N) is 2. The standard InChI is InChI=1S/C25H21ClN4O3/c1-25(2,3)30-24(32)18-13-28-23-20(21(18)29-30)17(12-27-23)22(31)16-10-9-15(11-19(16)26)33-14-7-5-4-6-8-14/h4-13,29H,1-3H3,(H,27,28). The fourth-order valence-corrected chi connectivity index (χ4v) is 4.08. The normalized spacial score (nSPS) is 11.9. The molecule has 0 aliphatic carbocycles. The average Bonchev–Trinajstić information content (AvgIpc) is 3.35. The van der Waals surface area contributed by atoms with E-state index in [1.807, 2.05) is 51.1 Å². The predicted molar refractivity (Wildman–Crippen MR) is 129 cm³/mol. The van der Waals surface area contributed by atoms with Crippen LogP contribution in [0.15, 0.2) is 65.7 Å². The number of ether oxygens (including phenoxy) is 1. The van der Waals surface area contributed by atoms with Crippen LogP contribution in [0, 0.1) is 0 Å². The van der Waals surface area contributed by atoms with Crippen molar-refractivity contribution in [2.75, 3.05) is 0 Å². The number of carbonyl (C=O) groups is 1. The number of benzene rings is 2. The number of rotatable bonds is 4. The zero-order valence-electron chi connectivity index (χ0n) is 18.3. The topological polar surface area (TPSA) is 92.8 Å². The van der Waals surface area contributed by atoms with Crippen molar-refractivity contribution in [2.24, 2.45) is 0 Å². The number of H-pyrrole nitrogens is 2. The predicted octanol–water partition coefficient (Wildman–Crippen LogP) is 5.64. The minimum atomic E-state index is -0.458. The maximum atomic E-state index is 13.5. The van der Waals surface area contributed by atoms with Gasteiger partial charge in [0.25, 0.3) is 5.56 Å². The van der Waals surface area contributed by atoms with Crippen LogP contribution < -0.4 is 10.3 Å². The number of fused-ring (bicyclic) bond motifs is 3. The Morgan fingerprint density at radius 1 is 1.06 bits per heavy atom. The van der Waals surface area contributed by atoms with Crippen LogP contribution in [0.25, 0.3) is 21.9 Å². The smallest absolute Gasteiger partial charge is 0.276 e. The molecule has 0 unspecified atom stereocenters. The summed E-state index contributed by atoms with van der Waals surface area (Å²) in [4.78, 5) is 33.7. The first-order chi connectivity index (χ1) is 15.7. The average molecular weight is 461 g/mol. The van der Waals surface area contributed by atoms with Gasteiger partial charge in [0.1, 0.15) is 17.1 Å². The second-order valence-corrected chi connectivity index (χ2v) is 9.19. The highest BCUT2D eigenvalue weighted by molar-refractivity contribution is 6.36. The Kier molecular flexibility index (Phi) is 4.87. The summed E-state index contributed by atoms with van der Waals surface area (Å²) >= 11 is 6.48. The molecule has 3 aromatic heterocycles. The summed E-state index contributed by atoms with van der Waals surface area (Å²) in [6, 6.07) is 14.3. The SMILES string of the molecule is CC(C)(C)n1[nH]c2c(cnc3[nH]cc(C(=O)c4ccc(Oc5ccccc5)cc4Cl)c32)c1=O. The van der Waals surface area contributed by atoms with E-state index < -0.39 is 5.54 Å². The fraction of sp³-hybridized carbons (Fsp3) is 0.160. The molecule has 166 valence electrons. The van der Waals surface area contributed by atoms with Crippen LogP contribution in [0.5, 0.6) is 11.5 Å². The zero-order valence-corrected chi connectivity index (χ0v) is 19.0. The molecule has 2 N–H and O–H groups in total. The second-order valence-electron chi connectivity index (χ2n) is 8.78. The number of pyridine rings is 1. The maximum absolute atomic E-state index is 13.5. The van der Waals surface area contributed by atoms with Crippen molar-refractivity contribution in [2.45, 2.75) is 26.3 Å². The summed E-state index contributed by atoms with van der Waals surface area (Å²) in [6.45, 7) is 5.78. The highest BCUT2D eigenvalue weighted by Gasteiger charge is 2.24. The number of aromatic amines is 2. The first kappa shape index (κ1) is 21.0. The molecule has 2 aromatic carbocycles. The first-order valence-corrected chi connectivity index (χ1v) is 10.8. The Bertz CT molecular complexity index is 1570. The molecule has 33 heavy (non-hydrogen) atoms. The molecule has 5 aromatic rings. The van der Waals surface area contributed by atoms with E-state index in [0.29, 0.717) is 44.6 Å². The number of ketones is 1. The molecule has 0 radical (unpaired) electrons. The van der Waals surface area contributed by atoms with E-state index in [1.54, 1.807) is 29.1 Å². The van der Waals surface area contributed by atoms with Crippen molar-refractivity contribution in [3.8, 4) is 11.5 Å². The lowest BCUT2D eigenvalue weighted by Crippen LogP contribution is -2.32. The summed E-state index contributed by atoms with van der Waals surface area (Å²) in [5.74, 6) is 0.915. The minimum Gasteiger partial charge on any atom is -0.457 e. The maximum Gasteiger partial charge on any atom is 0.276 e. The van der Waals surface area contributed by atoms with Gasteiger partial charge in [0.05, 0.1) is 32.4 Å². The molecule has 7 nitrogen and oxygen atoms in total. The molecule has 0 aliphatic rings. The molecule has 0 atom stereocenters. The Labute approximate surface area is 194 Å². The largest absolute Gasteiger partial charge is 0.457 e. The molecule has 0 saturated heterocycles. The molecule has 0 saturated carbocycles. The van der Waals surface area contributed by atoms with Crippen LogP contribution in [-0.4, -0.2) is 25.5 Å². The highest BCUT2D eigenvalue weighted by atomic mass is 35.5. The van der Waals surface area contributed by atoms with Crippen molar-refractivity contribution in [3.63, 3.8) is 0 Å². The van der Waals surface area contributed by atoms with Crippen LogP contribution in [0.2, 0.25) is 5.02 Å². The Balaban J connectivity index is 1.59. The number of hydrogen-bond donors (Lipinski definition) is 2. The number of carbonyl (C=O) groups excluding carboxylic acids is 1. The summed E-state index contributed by atoms with van der Waals surface area (Å²) < 4.78 is 7.35. The quantitative estimate of drug-likeness (QED) is 0.339. The van der Waals surface area contributed by atoms with Crippen molar-refractivity contribution in [1.82, 2.24) is 19.7 Å². The second kappa shape index (κ2) is 7.64. The number of halogens is 1. The zero-order chi connectivity index (χ0) is 23.3. The van der Waals surface area contributed by atoms with Gasteiger partial charge in [-0.15, -0.1) is 0 Å². The van der Waals surface area contributed by atoms with Crippen LogP contribution in [-0.2, 0) is 5.54 Å². The molecule has 3 heterocycles. The van der Waals surface area contributed by atoms with Crippen molar-refractivity contribution < 1.29 is 9.53 Å². The molecule has 0 amide bonds. The number of nitrogens with one attached hydrogen (secondary N) is 2. The fourth-order valence-electron chi connectivity index (χ4n) is 3.82. The van der Waals surface area contributed by atoms with Gasteiger partial charge in [-0.1, -0.05) is 29.8 Å². The third-order valence-corrected chi connectivity index (χ3v) is 5.75. The van der Waals surface area contributed by atoms with E-state index in [2.05, 4.69) is 15.1 Å². The van der Waals surface area contributed by atoms with Gasteiger partial charge in [0, 0.05) is 24.0 Å². The summed E-state index contributed by atoms with van der Waals surface area (Å²) in [5, 5.41) is 4.41. The number of para-hydroxylation sites is 1.